The van der Waals surface area contributed by atoms with Crippen LogP contribution >= 0.6 is 11.8 Å². The van der Waals surface area contributed by atoms with Crippen LogP contribution in [0.2, 0.25) is 0 Å². The fourth-order valence-electron chi connectivity index (χ4n) is 1.48. The molecule has 1 atom stereocenters. The van der Waals surface area contributed by atoms with Gasteiger partial charge in [-0.2, -0.15) is 0 Å². The van der Waals surface area contributed by atoms with E-state index in [0.29, 0.717) is 0 Å². The third kappa shape index (κ3) is 3.32. The largest absolute Gasteiger partial charge is 0.324 e. The zero-order valence-electron chi connectivity index (χ0n) is 9.56. The molecule has 0 spiro atoms. The van der Waals surface area contributed by atoms with Crippen LogP contribution in [0.3, 0.4) is 0 Å². The van der Waals surface area contributed by atoms with Crippen LogP contribution in [-0.4, -0.2) is 0 Å². The second-order valence-electron chi connectivity index (χ2n) is 3.91. The smallest absolute Gasteiger partial charge is 0.123 e. The Morgan fingerprint density at radius 3 is 1.88 bits per heavy atom. The van der Waals surface area contributed by atoms with Crippen molar-refractivity contribution in [3.8, 4) is 0 Å². The van der Waals surface area contributed by atoms with Crippen LogP contribution in [-0.2, 0) is 0 Å². The minimum absolute atomic E-state index is 0.0554. The van der Waals surface area contributed by atoms with Crippen molar-refractivity contribution in [3.05, 3.63) is 59.9 Å². The van der Waals surface area contributed by atoms with E-state index in [4.69, 9.17) is 5.73 Å². The fourth-order valence-corrected chi connectivity index (χ4v) is 2.29. The lowest BCUT2D eigenvalue weighted by Crippen LogP contribution is -2.04. The SMILES string of the molecule is C[C@@H](N)c1ccc(Sc2ccc(F)cc2)cc1. The van der Waals surface area contributed by atoms with Gasteiger partial charge in [-0.05, 0) is 48.9 Å². The molecule has 0 saturated heterocycles. The van der Waals surface area contributed by atoms with E-state index in [1.807, 2.05) is 31.2 Å². The Balaban J connectivity index is 2.11. The molecule has 0 aliphatic carbocycles. The van der Waals surface area contributed by atoms with Crippen molar-refractivity contribution in [1.82, 2.24) is 0 Å². The Kier molecular flexibility index (Phi) is 3.82. The predicted molar refractivity (Wildman–Crippen MR) is 69.6 cm³/mol. The quantitative estimate of drug-likeness (QED) is 0.887. The van der Waals surface area contributed by atoms with Gasteiger partial charge < -0.3 is 5.73 Å². The molecule has 0 saturated carbocycles. The van der Waals surface area contributed by atoms with Crippen LogP contribution in [0.15, 0.2) is 58.3 Å². The summed E-state index contributed by atoms with van der Waals surface area (Å²) >= 11 is 1.61. The average Bonchev–Trinajstić information content (AvgIpc) is 2.33. The van der Waals surface area contributed by atoms with Gasteiger partial charge >= 0.3 is 0 Å². The van der Waals surface area contributed by atoms with Gasteiger partial charge in [-0.15, -0.1) is 0 Å². The molecule has 0 heterocycles. The van der Waals surface area contributed by atoms with Gasteiger partial charge in [0.1, 0.15) is 5.82 Å². The fraction of sp³-hybridized carbons (Fsp3) is 0.143. The molecule has 17 heavy (non-hydrogen) atoms. The van der Waals surface area contributed by atoms with Crippen LogP contribution in [0.25, 0.3) is 0 Å². The molecule has 0 radical (unpaired) electrons. The first-order valence-electron chi connectivity index (χ1n) is 5.44. The molecule has 0 unspecified atom stereocenters. The van der Waals surface area contributed by atoms with Crippen LogP contribution in [0.5, 0.6) is 0 Å². The number of halogens is 1. The standard InChI is InChI=1S/C14H14FNS/c1-10(16)11-2-6-13(7-3-11)17-14-8-4-12(15)5-9-14/h2-10H,16H2,1H3/t10-/m1/s1. The highest BCUT2D eigenvalue weighted by atomic mass is 32.2. The molecule has 2 aromatic carbocycles. The summed E-state index contributed by atoms with van der Waals surface area (Å²) in [5.41, 5.74) is 6.90. The molecular weight excluding hydrogens is 233 g/mol. The van der Waals surface area contributed by atoms with Crippen molar-refractivity contribution >= 4 is 11.8 Å². The van der Waals surface area contributed by atoms with Crippen LogP contribution in [0.4, 0.5) is 4.39 Å². The van der Waals surface area contributed by atoms with E-state index >= 15 is 0 Å². The van der Waals surface area contributed by atoms with Crippen molar-refractivity contribution in [2.24, 2.45) is 5.73 Å². The maximum Gasteiger partial charge on any atom is 0.123 e. The predicted octanol–water partition coefficient (Wildman–Crippen LogP) is 4.00. The lowest BCUT2D eigenvalue weighted by atomic mass is 10.1. The summed E-state index contributed by atoms with van der Waals surface area (Å²) in [7, 11) is 0. The third-order valence-electron chi connectivity index (χ3n) is 2.46. The molecule has 0 amide bonds. The Morgan fingerprint density at radius 1 is 0.941 bits per heavy atom. The molecule has 0 fully saturated rings. The Hall–Kier alpha value is -1.32. The molecule has 0 bridgehead atoms. The summed E-state index contributed by atoms with van der Waals surface area (Å²) in [6.45, 7) is 1.96. The highest BCUT2D eigenvalue weighted by Crippen LogP contribution is 2.28. The lowest BCUT2D eigenvalue weighted by molar-refractivity contribution is 0.626. The van der Waals surface area contributed by atoms with E-state index in [1.165, 1.54) is 12.1 Å². The van der Waals surface area contributed by atoms with Gasteiger partial charge in [-0.25, -0.2) is 4.39 Å². The normalized spacial score (nSPS) is 12.4. The third-order valence-corrected chi connectivity index (χ3v) is 3.47. The molecule has 0 aliphatic heterocycles. The van der Waals surface area contributed by atoms with Gasteiger partial charge in [-0.3, -0.25) is 0 Å². The molecule has 88 valence electrons. The van der Waals surface area contributed by atoms with Crippen molar-refractivity contribution in [2.45, 2.75) is 22.8 Å². The number of benzene rings is 2. The Bertz CT molecular complexity index is 477. The maximum atomic E-state index is 12.7. The van der Waals surface area contributed by atoms with E-state index in [-0.39, 0.29) is 11.9 Å². The molecule has 1 nitrogen and oxygen atoms in total. The first-order valence-corrected chi connectivity index (χ1v) is 6.26. The first kappa shape index (κ1) is 12.1. The van der Waals surface area contributed by atoms with E-state index < -0.39 is 0 Å². The van der Waals surface area contributed by atoms with Gasteiger partial charge in [0.15, 0.2) is 0 Å². The second kappa shape index (κ2) is 5.34. The topological polar surface area (TPSA) is 26.0 Å². The van der Waals surface area contributed by atoms with Crippen molar-refractivity contribution in [1.29, 1.82) is 0 Å². The summed E-state index contributed by atoms with van der Waals surface area (Å²) in [5, 5.41) is 0. The highest BCUT2D eigenvalue weighted by molar-refractivity contribution is 7.99. The highest BCUT2D eigenvalue weighted by Gasteiger charge is 2.01. The van der Waals surface area contributed by atoms with Crippen LogP contribution < -0.4 is 5.73 Å². The van der Waals surface area contributed by atoms with Crippen molar-refractivity contribution in [3.63, 3.8) is 0 Å². The van der Waals surface area contributed by atoms with Crippen LogP contribution in [0.1, 0.15) is 18.5 Å². The molecule has 2 N–H and O–H groups in total. The van der Waals surface area contributed by atoms with Gasteiger partial charge in [0.05, 0.1) is 0 Å². The van der Waals surface area contributed by atoms with Crippen LogP contribution in [0, 0.1) is 5.82 Å². The molecule has 0 aromatic heterocycles. The summed E-state index contributed by atoms with van der Waals surface area (Å²) < 4.78 is 12.7. The molecule has 2 aromatic rings. The molecule has 2 rings (SSSR count). The van der Waals surface area contributed by atoms with E-state index in [2.05, 4.69) is 0 Å². The summed E-state index contributed by atoms with van der Waals surface area (Å²) in [4.78, 5) is 2.15. The zero-order chi connectivity index (χ0) is 12.3. The van der Waals surface area contributed by atoms with Gasteiger partial charge in [0.25, 0.3) is 0 Å². The van der Waals surface area contributed by atoms with E-state index in [1.54, 1.807) is 23.9 Å². The van der Waals surface area contributed by atoms with E-state index in [0.717, 1.165) is 15.4 Å². The molecule has 0 aliphatic rings. The number of hydrogen-bond donors (Lipinski definition) is 1. The monoisotopic (exact) mass is 247 g/mol. The first-order chi connectivity index (χ1) is 8.15. The number of rotatable bonds is 3. The average molecular weight is 247 g/mol. The minimum atomic E-state index is -0.207. The van der Waals surface area contributed by atoms with Gasteiger partial charge in [0.2, 0.25) is 0 Å². The number of hydrogen-bond acceptors (Lipinski definition) is 2. The van der Waals surface area contributed by atoms with Gasteiger partial charge in [-0.1, -0.05) is 23.9 Å². The van der Waals surface area contributed by atoms with Crippen molar-refractivity contribution < 1.29 is 4.39 Å². The molecular formula is C14H14FNS. The summed E-state index contributed by atoms with van der Waals surface area (Å²) in [6, 6.07) is 14.7. The second-order valence-corrected chi connectivity index (χ2v) is 5.06. The summed E-state index contributed by atoms with van der Waals surface area (Å²) in [5.74, 6) is -0.207. The minimum Gasteiger partial charge on any atom is -0.324 e. The zero-order valence-corrected chi connectivity index (χ0v) is 10.4. The number of nitrogens with two attached hydrogens (primary N) is 1. The van der Waals surface area contributed by atoms with Crippen molar-refractivity contribution in [2.75, 3.05) is 0 Å². The lowest BCUT2D eigenvalue weighted by Gasteiger charge is -2.06. The Morgan fingerprint density at radius 2 is 1.41 bits per heavy atom. The Labute approximate surface area is 105 Å². The maximum absolute atomic E-state index is 12.7. The molecule has 3 heteroatoms. The summed E-state index contributed by atoms with van der Waals surface area (Å²) in [6.07, 6.45) is 0. The van der Waals surface area contributed by atoms with Gasteiger partial charge in [0, 0.05) is 15.8 Å². The van der Waals surface area contributed by atoms with E-state index in [9.17, 15) is 4.39 Å².